The minimum Gasteiger partial charge on any atom is -0.397 e. The molecule has 0 aliphatic rings. The topological polar surface area (TPSA) is 110 Å². The van der Waals surface area contributed by atoms with Gasteiger partial charge in [-0.15, -0.1) is 11.3 Å². The molecule has 0 radical (unpaired) electrons. The van der Waals surface area contributed by atoms with E-state index >= 15 is 0 Å². The number of hydrogen-bond acceptors (Lipinski definition) is 5. The maximum absolute atomic E-state index is 12.1. The van der Waals surface area contributed by atoms with Gasteiger partial charge in [0.25, 0.3) is 11.8 Å². The van der Waals surface area contributed by atoms with E-state index in [1.807, 2.05) is 0 Å². The van der Waals surface area contributed by atoms with Gasteiger partial charge in [-0.3, -0.25) is 9.59 Å². The number of primary amides is 1. The second kappa shape index (κ2) is 6.66. The van der Waals surface area contributed by atoms with Gasteiger partial charge in [0.1, 0.15) is 9.88 Å². The van der Waals surface area contributed by atoms with Gasteiger partial charge in [0, 0.05) is 13.1 Å². The van der Waals surface area contributed by atoms with E-state index in [0.29, 0.717) is 6.54 Å². The first-order valence-electron chi connectivity index (χ1n) is 5.98. The highest BCUT2D eigenvalue weighted by Crippen LogP contribution is 2.35. The lowest BCUT2D eigenvalue weighted by atomic mass is 10.2. The Kier molecular flexibility index (Phi) is 5.41. The van der Waals surface area contributed by atoms with Crippen molar-refractivity contribution in [2.24, 2.45) is 5.73 Å². The summed E-state index contributed by atoms with van der Waals surface area (Å²) in [5.41, 5.74) is 10.5. The number of carbonyl (C=O) groups is 2. The number of hydrogen-bond donors (Lipinski definition) is 4. The monoisotopic (exact) mass is 324 g/mol. The Morgan fingerprint density at radius 3 is 2.43 bits per heavy atom. The summed E-state index contributed by atoms with van der Waals surface area (Å²) in [6.45, 7) is 1.59. The van der Waals surface area contributed by atoms with Crippen molar-refractivity contribution >= 4 is 33.8 Å². The summed E-state index contributed by atoms with van der Waals surface area (Å²) >= 11 is 0.797. The molecule has 6 nitrogen and oxygen atoms in total. The molecule has 2 amide bonds. The molecular formula is C11H15F3N4O2S. The quantitative estimate of drug-likeness (QED) is 0.636. The van der Waals surface area contributed by atoms with Crippen LogP contribution in [0, 0.1) is 0 Å². The standard InChI is InChI=1S/C11H15F3N4O2S/c1-2-17-9(20)7-6(15)5(8(16)19)10(21-7)18-4-3-11(12,13)14/h18H,2-4,15H2,1H3,(H2,16,19)(H,17,20). The van der Waals surface area contributed by atoms with Crippen LogP contribution in [0.2, 0.25) is 0 Å². The number of amides is 2. The highest BCUT2D eigenvalue weighted by molar-refractivity contribution is 7.19. The maximum atomic E-state index is 12.1. The van der Waals surface area contributed by atoms with Gasteiger partial charge in [-0.25, -0.2) is 0 Å². The lowest BCUT2D eigenvalue weighted by Crippen LogP contribution is -2.23. The Hall–Kier alpha value is -1.97. The number of halogens is 3. The zero-order chi connectivity index (χ0) is 16.2. The molecule has 21 heavy (non-hydrogen) atoms. The molecular weight excluding hydrogens is 309 g/mol. The van der Waals surface area contributed by atoms with E-state index in [2.05, 4.69) is 10.6 Å². The average Bonchev–Trinajstić information content (AvgIpc) is 2.65. The van der Waals surface area contributed by atoms with Crippen LogP contribution in [0.3, 0.4) is 0 Å². The third-order valence-electron chi connectivity index (χ3n) is 2.43. The van der Waals surface area contributed by atoms with E-state index in [-0.39, 0.29) is 21.1 Å². The first-order valence-corrected chi connectivity index (χ1v) is 6.80. The SMILES string of the molecule is CCNC(=O)c1sc(NCCC(F)(F)F)c(C(N)=O)c1N. The Morgan fingerprint density at radius 1 is 1.33 bits per heavy atom. The lowest BCUT2D eigenvalue weighted by molar-refractivity contribution is -0.131. The second-order valence-corrected chi connectivity index (χ2v) is 5.09. The fourth-order valence-electron chi connectivity index (χ4n) is 1.54. The highest BCUT2D eigenvalue weighted by Gasteiger charge is 2.28. The van der Waals surface area contributed by atoms with Gasteiger partial charge in [-0.1, -0.05) is 0 Å². The molecule has 0 saturated heterocycles. The molecule has 0 aliphatic heterocycles. The summed E-state index contributed by atoms with van der Waals surface area (Å²) < 4.78 is 36.3. The smallest absolute Gasteiger partial charge is 0.390 e. The Bertz CT molecular complexity index is 542. The highest BCUT2D eigenvalue weighted by atomic mass is 32.1. The molecule has 1 aromatic rings. The van der Waals surface area contributed by atoms with E-state index in [0.717, 1.165) is 11.3 Å². The molecule has 1 aromatic heterocycles. The number of nitrogens with one attached hydrogen (secondary N) is 2. The van der Waals surface area contributed by atoms with Crippen LogP contribution in [0.25, 0.3) is 0 Å². The molecule has 118 valence electrons. The molecule has 0 saturated carbocycles. The van der Waals surface area contributed by atoms with E-state index in [1.54, 1.807) is 6.92 Å². The first kappa shape index (κ1) is 17.1. The van der Waals surface area contributed by atoms with E-state index in [9.17, 15) is 22.8 Å². The predicted octanol–water partition coefficient (Wildman–Crippen LogP) is 1.54. The van der Waals surface area contributed by atoms with Crippen LogP contribution in [0.15, 0.2) is 0 Å². The summed E-state index contributed by atoms with van der Waals surface area (Å²) in [6.07, 6.45) is -5.41. The minimum absolute atomic E-state index is 0.0418. The van der Waals surface area contributed by atoms with Gasteiger partial charge >= 0.3 is 6.18 Å². The third-order valence-corrected chi connectivity index (χ3v) is 3.59. The molecule has 0 spiro atoms. The van der Waals surface area contributed by atoms with Crippen molar-refractivity contribution in [3.63, 3.8) is 0 Å². The summed E-state index contributed by atoms with van der Waals surface area (Å²) in [6, 6.07) is 0. The molecule has 6 N–H and O–H groups in total. The van der Waals surface area contributed by atoms with Crippen molar-refractivity contribution in [3.8, 4) is 0 Å². The third kappa shape index (κ3) is 4.52. The van der Waals surface area contributed by atoms with Gasteiger partial charge < -0.3 is 22.1 Å². The van der Waals surface area contributed by atoms with Crippen LogP contribution in [0.1, 0.15) is 33.4 Å². The van der Waals surface area contributed by atoms with Gasteiger partial charge in [-0.2, -0.15) is 13.2 Å². The van der Waals surface area contributed by atoms with Gasteiger partial charge in [0.05, 0.1) is 17.7 Å². The Balaban J connectivity index is 2.99. The molecule has 1 heterocycles. The van der Waals surface area contributed by atoms with E-state index < -0.39 is 31.0 Å². The van der Waals surface area contributed by atoms with Crippen LogP contribution in [-0.2, 0) is 0 Å². The zero-order valence-corrected chi connectivity index (χ0v) is 12.0. The number of nitrogen functional groups attached to an aromatic ring is 1. The fraction of sp³-hybridized carbons (Fsp3) is 0.455. The summed E-state index contributed by atoms with van der Waals surface area (Å²) in [4.78, 5) is 23.1. The molecule has 0 unspecified atom stereocenters. The number of anilines is 2. The van der Waals surface area contributed by atoms with Crippen molar-refractivity contribution in [3.05, 3.63) is 10.4 Å². The number of nitrogens with two attached hydrogens (primary N) is 2. The largest absolute Gasteiger partial charge is 0.397 e. The number of rotatable bonds is 6. The van der Waals surface area contributed by atoms with Crippen LogP contribution < -0.4 is 22.1 Å². The molecule has 0 aliphatic carbocycles. The van der Waals surface area contributed by atoms with E-state index in [1.165, 1.54) is 0 Å². The zero-order valence-electron chi connectivity index (χ0n) is 11.1. The second-order valence-electron chi connectivity index (χ2n) is 4.06. The molecule has 10 heteroatoms. The molecule has 0 bridgehead atoms. The van der Waals surface area contributed by atoms with Crippen LogP contribution in [0.5, 0.6) is 0 Å². The van der Waals surface area contributed by atoms with Gasteiger partial charge in [0.2, 0.25) is 0 Å². The van der Waals surface area contributed by atoms with Crippen molar-refractivity contribution in [1.82, 2.24) is 5.32 Å². The van der Waals surface area contributed by atoms with Gasteiger partial charge in [-0.05, 0) is 6.92 Å². The average molecular weight is 324 g/mol. The maximum Gasteiger partial charge on any atom is 0.390 e. The number of carbonyl (C=O) groups excluding carboxylic acids is 2. The fourth-order valence-corrected chi connectivity index (χ4v) is 2.61. The number of alkyl halides is 3. The predicted molar refractivity (Wildman–Crippen MR) is 74.4 cm³/mol. The van der Waals surface area contributed by atoms with E-state index in [4.69, 9.17) is 11.5 Å². The summed E-state index contributed by atoms with van der Waals surface area (Å²) in [5.74, 6) is -1.42. The molecule has 0 atom stereocenters. The molecule has 0 fully saturated rings. The van der Waals surface area contributed by atoms with Crippen LogP contribution >= 0.6 is 11.3 Å². The van der Waals surface area contributed by atoms with Crippen molar-refractivity contribution in [2.75, 3.05) is 24.1 Å². The number of thiophene rings is 1. The first-order chi connectivity index (χ1) is 9.67. The van der Waals surface area contributed by atoms with Crippen molar-refractivity contribution in [1.29, 1.82) is 0 Å². The van der Waals surface area contributed by atoms with Crippen molar-refractivity contribution in [2.45, 2.75) is 19.5 Å². The van der Waals surface area contributed by atoms with Crippen LogP contribution in [-0.4, -0.2) is 31.1 Å². The normalized spacial score (nSPS) is 11.2. The lowest BCUT2D eigenvalue weighted by Gasteiger charge is -2.08. The summed E-state index contributed by atoms with van der Waals surface area (Å²) in [7, 11) is 0. The Labute approximate surface area is 122 Å². The van der Waals surface area contributed by atoms with Crippen molar-refractivity contribution < 1.29 is 22.8 Å². The van der Waals surface area contributed by atoms with Crippen LogP contribution in [0.4, 0.5) is 23.9 Å². The summed E-state index contributed by atoms with van der Waals surface area (Å²) in [5, 5.41) is 5.00. The van der Waals surface area contributed by atoms with Gasteiger partial charge in [0.15, 0.2) is 0 Å². The molecule has 0 aromatic carbocycles. The molecule has 1 rings (SSSR count). The minimum atomic E-state index is -4.33. The Morgan fingerprint density at radius 2 is 1.95 bits per heavy atom.